The Kier molecular flexibility index (Phi) is 5.56. The van der Waals surface area contributed by atoms with Gasteiger partial charge in [0.25, 0.3) is 0 Å². The average molecular weight is 345 g/mol. The van der Waals surface area contributed by atoms with E-state index in [1.54, 1.807) is 0 Å². The van der Waals surface area contributed by atoms with Crippen LogP contribution >= 0.6 is 0 Å². The van der Waals surface area contributed by atoms with Gasteiger partial charge < -0.3 is 10.0 Å². The van der Waals surface area contributed by atoms with E-state index in [1.807, 2.05) is 30.3 Å². The van der Waals surface area contributed by atoms with Gasteiger partial charge in [0.05, 0.1) is 11.7 Å². The van der Waals surface area contributed by atoms with Crippen molar-refractivity contribution in [3.05, 3.63) is 71.3 Å². The number of hydrogen-bond donors (Lipinski definition) is 1. The van der Waals surface area contributed by atoms with Gasteiger partial charge in [-0.05, 0) is 49.7 Å². The average Bonchev–Trinajstić information content (AvgIpc) is 2.64. The number of carbonyl (C=O) groups is 1. The third-order valence-electron chi connectivity index (χ3n) is 4.77. The van der Waals surface area contributed by atoms with Gasteiger partial charge in [-0.3, -0.25) is 4.79 Å². The highest BCUT2D eigenvalue weighted by molar-refractivity contribution is 5.98. The van der Waals surface area contributed by atoms with E-state index in [0.29, 0.717) is 32.5 Å². The molecular weight excluding hydrogens is 324 g/mol. The lowest BCUT2D eigenvalue weighted by molar-refractivity contribution is 0.0723. The van der Waals surface area contributed by atoms with Crippen LogP contribution in [-0.4, -0.2) is 35.4 Å². The number of rotatable bonds is 5. The molecule has 3 nitrogen and oxygen atoms in total. The van der Waals surface area contributed by atoms with Gasteiger partial charge in [0, 0.05) is 12.5 Å². The molecule has 1 fully saturated rings. The lowest BCUT2D eigenvalue weighted by Gasteiger charge is -2.32. The lowest BCUT2D eigenvalue weighted by atomic mass is 9.88. The van der Waals surface area contributed by atoms with Gasteiger partial charge in [-0.15, -0.1) is 0 Å². The number of ketones is 1. The Bertz CT molecular complexity index is 728. The predicted molar refractivity (Wildman–Crippen MR) is 91.3 cm³/mol. The van der Waals surface area contributed by atoms with Crippen LogP contribution < -0.4 is 0 Å². The van der Waals surface area contributed by atoms with Crippen LogP contribution in [0.2, 0.25) is 0 Å². The number of benzene rings is 2. The molecule has 5 heteroatoms. The minimum Gasteiger partial charge on any atom is -0.387 e. The van der Waals surface area contributed by atoms with Crippen LogP contribution in [0.25, 0.3) is 0 Å². The number of likely N-dealkylation sites (tertiary alicyclic amines) is 1. The number of nitrogens with zero attached hydrogens (tertiary/aromatic N) is 1. The minimum absolute atomic E-state index is 0.164. The maximum absolute atomic E-state index is 13.8. The Labute approximate surface area is 145 Å². The number of piperidine rings is 1. The number of carbonyl (C=O) groups excluding carboxylic acids is 1. The van der Waals surface area contributed by atoms with Crippen molar-refractivity contribution < 1.29 is 18.7 Å². The topological polar surface area (TPSA) is 40.5 Å². The van der Waals surface area contributed by atoms with Gasteiger partial charge in [0.1, 0.15) is 11.6 Å². The summed E-state index contributed by atoms with van der Waals surface area (Å²) in [7, 11) is 0. The Morgan fingerprint density at radius 3 is 2.48 bits per heavy atom. The van der Waals surface area contributed by atoms with Crippen LogP contribution in [0.5, 0.6) is 0 Å². The number of β-amino-alcohol motifs (C(OH)–C–C–N with tert-alkyl or cyclic N) is 1. The summed E-state index contributed by atoms with van der Waals surface area (Å²) in [4.78, 5) is 14.5. The van der Waals surface area contributed by atoms with Crippen LogP contribution in [-0.2, 0) is 0 Å². The molecule has 1 atom stereocenters. The summed E-state index contributed by atoms with van der Waals surface area (Å²) in [5.74, 6) is -1.91. The monoisotopic (exact) mass is 345 g/mol. The van der Waals surface area contributed by atoms with Crippen LogP contribution in [0.4, 0.5) is 8.78 Å². The molecule has 1 saturated heterocycles. The summed E-state index contributed by atoms with van der Waals surface area (Å²) in [6.45, 7) is 1.80. The van der Waals surface area contributed by atoms with Crippen LogP contribution in [0, 0.1) is 17.6 Å². The predicted octanol–water partition coefficient (Wildman–Crippen LogP) is 3.59. The fourth-order valence-electron chi connectivity index (χ4n) is 3.31. The molecule has 1 aliphatic heterocycles. The molecule has 1 aliphatic rings. The number of aliphatic hydroxyl groups is 1. The van der Waals surface area contributed by atoms with Crippen molar-refractivity contribution in [3.8, 4) is 0 Å². The van der Waals surface area contributed by atoms with Crippen molar-refractivity contribution in [1.29, 1.82) is 0 Å². The molecule has 0 spiro atoms. The first kappa shape index (κ1) is 17.7. The number of halogens is 2. The van der Waals surface area contributed by atoms with Gasteiger partial charge in [-0.1, -0.05) is 30.3 Å². The molecule has 2 aromatic carbocycles. The summed E-state index contributed by atoms with van der Waals surface area (Å²) in [6.07, 6.45) is 0.584. The molecule has 3 rings (SSSR count). The Morgan fingerprint density at radius 2 is 1.80 bits per heavy atom. The smallest absolute Gasteiger partial charge is 0.169 e. The molecule has 0 radical (unpaired) electrons. The Balaban J connectivity index is 1.56. The SMILES string of the molecule is O=C(c1cc(F)ccc1F)C1CCN(C[C@H](O)c2ccccc2)CC1. The van der Waals surface area contributed by atoms with Gasteiger partial charge in [0.15, 0.2) is 5.78 Å². The van der Waals surface area contributed by atoms with Crippen molar-refractivity contribution in [1.82, 2.24) is 4.90 Å². The van der Waals surface area contributed by atoms with Crippen molar-refractivity contribution in [2.75, 3.05) is 19.6 Å². The van der Waals surface area contributed by atoms with Crippen LogP contribution in [0.1, 0.15) is 34.9 Å². The highest BCUT2D eigenvalue weighted by Crippen LogP contribution is 2.25. The second kappa shape index (κ2) is 7.85. The van der Waals surface area contributed by atoms with Crippen molar-refractivity contribution in [2.24, 2.45) is 5.92 Å². The van der Waals surface area contributed by atoms with E-state index < -0.39 is 17.7 Å². The normalized spacial score (nSPS) is 17.4. The maximum atomic E-state index is 13.8. The first-order chi connectivity index (χ1) is 12.0. The molecular formula is C20H21F2NO2. The van der Waals surface area contributed by atoms with Gasteiger partial charge in [-0.25, -0.2) is 8.78 Å². The Morgan fingerprint density at radius 1 is 1.12 bits per heavy atom. The van der Waals surface area contributed by atoms with E-state index >= 15 is 0 Å². The highest BCUT2D eigenvalue weighted by atomic mass is 19.1. The first-order valence-corrected chi connectivity index (χ1v) is 8.49. The number of Topliss-reactive ketones (excluding diaryl/α,β-unsaturated/α-hetero) is 1. The zero-order valence-corrected chi connectivity index (χ0v) is 13.9. The van der Waals surface area contributed by atoms with Gasteiger partial charge in [0.2, 0.25) is 0 Å². The summed E-state index contributed by atoms with van der Waals surface area (Å²) in [5, 5.41) is 10.3. The summed E-state index contributed by atoms with van der Waals surface area (Å²) >= 11 is 0. The van der Waals surface area contributed by atoms with Crippen molar-refractivity contribution >= 4 is 5.78 Å². The molecule has 0 bridgehead atoms. The molecule has 2 aromatic rings. The second-order valence-corrected chi connectivity index (χ2v) is 6.49. The standard InChI is InChI=1S/C20H21F2NO2/c21-16-6-7-18(22)17(12-16)20(25)15-8-10-23(11-9-15)13-19(24)14-4-2-1-3-5-14/h1-7,12,15,19,24H,8-11,13H2/t19-/m0/s1. The molecule has 0 unspecified atom stereocenters. The number of aliphatic hydroxyl groups excluding tert-OH is 1. The van der Waals surface area contributed by atoms with E-state index in [9.17, 15) is 18.7 Å². The molecule has 0 aliphatic carbocycles. The maximum Gasteiger partial charge on any atom is 0.169 e. The third kappa shape index (κ3) is 4.30. The molecule has 0 saturated carbocycles. The Hall–Kier alpha value is -2.11. The molecule has 25 heavy (non-hydrogen) atoms. The molecule has 0 aromatic heterocycles. The van der Waals surface area contributed by atoms with E-state index in [2.05, 4.69) is 4.90 Å². The fraction of sp³-hybridized carbons (Fsp3) is 0.350. The van der Waals surface area contributed by atoms with Crippen LogP contribution in [0.3, 0.4) is 0 Å². The van der Waals surface area contributed by atoms with E-state index in [0.717, 1.165) is 23.8 Å². The van der Waals surface area contributed by atoms with E-state index in [4.69, 9.17) is 0 Å². The molecule has 1 N–H and O–H groups in total. The summed E-state index contributed by atoms with van der Waals surface area (Å²) < 4.78 is 27.1. The number of hydrogen-bond acceptors (Lipinski definition) is 3. The highest BCUT2D eigenvalue weighted by Gasteiger charge is 2.28. The third-order valence-corrected chi connectivity index (χ3v) is 4.77. The van der Waals surface area contributed by atoms with E-state index in [1.165, 1.54) is 0 Å². The van der Waals surface area contributed by atoms with Crippen LogP contribution in [0.15, 0.2) is 48.5 Å². The largest absolute Gasteiger partial charge is 0.387 e. The molecule has 132 valence electrons. The van der Waals surface area contributed by atoms with Crippen molar-refractivity contribution in [3.63, 3.8) is 0 Å². The van der Waals surface area contributed by atoms with Gasteiger partial charge >= 0.3 is 0 Å². The minimum atomic E-state index is -0.673. The zero-order chi connectivity index (χ0) is 17.8. The molecule has 0 amide bonds. The quantitative estimate of drug-likeness (QED) is 0.842. The fourth-order valence-corrected chi connectivity index (χ4v) is 3.31. The molecule has 1 heterocycles. The van der Waals surface area contributed by atoms with Crippen molar-refractivity contribution in [2.45, 2.75) is 18.9 Å². The lowest BCUT2D eigenvalue weighted by Crippen LogP contribution is -2.38. The van der Waals surface area contributed by atoms with E-state index in [-0.39, 0.29) is 17.3 Å². The summed E-state index contributed by atoms with van der Waals surface area (Å²) in [5.41, 5.74) is 0.699. The second-order valence-electron chi connectivity index (χ2n) is 6.49. The first-order valence-electron chi connectivity index (χ1n) is 8.49. The summed E-state index contributed by atoms with van der Waals surface area (Å²) in [6, 6.07) is 12.4. The zero-order valence-electron chi connectivity index (χ0n) is 13.9. The van der Waals surface area contributed by atoms with Gasteiger partial charge in [-0.2, -0.15) is 0 Å².